The fourth-order valence-corrected chi connectivity index (χ4v) is 4.18. The third kappa shape index (κ3) is 3.91. The molecule has 2 aromatic rings. The standard InChI is InChI=1S/C27H36/c1-8-19(7)24-12-21-11-10-20(9-2)27(26(21)16-24)25-14-22(17(3)4)13-23(15-25)18(5)6/h10-11,13-19H,8-9,12H2,1-7H3. The second-order valence-corrected chi connectivity index (χ2v) is 8.93. The molecule has 27 heavy (non-hydrogen) atoms. The monoisotopic (exact) mass is 360 g/mol. The second kappa shape index (κ2) is 8.05. The van der Waals surface area contributed by atoms with E-state index in [-0.39, 0.29) is 0 Å². The van der Waals surface area contributed by atoms with E-state index in [2.05, 4.69) is 84.9 Å². The summed E-state index contributed by atoms with van der Waals surface area (Å²) >= 11 is 0. The van der Waals surface area contributed by atoms with Gasteiger partial charge in [0.1, 0.15) is 0 Å². The van der Waals surface area contributed by atoms with Crippen LogP contribution in [0.3, 0.4) is 0 Å². The molecule has 0 nitrogen and oxygen atoms in total. The summed E-state index contributed by atoms with van der Waals surface area (Å²) in [6.07, 6.45) is 5.94. The van der Waals surface area contributed by atoms with Gasteiger partial charge < -0.3 is 0 Å². The van der Waals surface area contributed by atoms with Gasteiger partial charge in [-0.15, -0.1) is 0 Å². The van der Waals surface area contributed by atoms with Crippen molar-refractivity contribution in [3.63, 3.8) is 0 Å². The maximum Gasteiger partial charge on any atom is -0.00549 e. The van der Waals surface area contributed by atoms with Crippen molar-refractivity contribution >= 4 is 6.08 Å². The minimum Gasteiger partial charge on any atom is -0.0648 e. The number of hydrogen-bond acceptors (Lipinski definition) is 0. The van der Waals surface area contributed by atoms with Crippen LogP contribution in [0.15, 0.2) is 35.9 Å². The van der Waals surface area contributed by atoms with Crippen LogP contribution in [-0.2, 0) is 12.8 Å². The van der Waals surface area contributed by atoms with Crippen molar-refractivity contribution in [2.24, 2.45) is 5.92 Å². The van der Waals surface area contributed by atoms with Crippen LogP contribution in [0.4, 0.5) is 0 Å². The number of aryl methyl sites for hydroxylation is 1. The fourth-order valence-electron chi connectivity index (χ4n) is 4.18. The zero-order valence-electron chi connectivity index (χ0n) is 18.3. The Morgan fingerprint density at radius 1 is 0.852 bits per heavy atom. The topological polar surface area (TPSA) is 0 Å². The maximum atomic E-state index is 2.51. The SMILES string of the molecule is CCc1ccc2c(c1-c1cc(C(C)C)cc(C(C)C)c1)C=C(C(C)CC)C2. The Kier molecular flexibility index (Phi) is 5.94. The summed E-state index contributed by atoms with van der Waals surface area (Å²) < 4.78 is 0. The molecular formula is C27H36. The van der Waals surface area contributed by atoms with E-state index in [1.165, 1.54) is 45.4 Å². The van der Waals surface area contributed by atoms with Crippen molar-refractivity contribution in [3.05, 3.63) is 63.7 Å². The molecule has 1 aliphatic carbocycles. The van der Waals surface area contributed by atoms with Gasteiger partial charge in [0.2, 0.25) is 0 Å². The van der Waals surface area contributed by atoms with E-state index in [0.29, 0.717) is 17.8 Å². The quantitative estimate of drug-likeness (QED) is 0.487. The summed E-state index contributed by atoms with van der Waals surface area (Å²) in [5, 5.41) is 0. The van der Waals surface area contributed by atoms with Crippen molar-refractivity contribution < 1.29 is 0 Å². The molecule has 1 unspecified atom stereocenters. The molecule has 0 amide bonds. The maximum absolute atomic E-state index is 2.51. The molecule has 0 aromatic heterocycles. The van der Waals surface area contributed by atoms with Crippen molar-refractivity contribution in [2.45, 2.75) is 79.6 Å². The zero-order chi connectivity index (χ0) is 19.7. The molecule has 0 heteroatoms. The summed E-state index contributed by atoms with van der Waals surface area (Å²) in [6.45, 7) is 16.2. The van der Waals surface area contributed by atoms with Crippen LogP contribution in [0.5, 0.6) is 0 Å². The highest BCUT2D eigenvalue weighted by molar-refractivity contribution is 5.84. The predicted molar refractivity (Wildman–Crippen MR) is 121 cm³/mol. The summed E-state index contributed by atoms with van der Waals surface area (Å²) in [6, 6.07) is 12.0. The number of rotatable bonds is 6. The Hall–Kier alpha value is -1.82. The number of allylic oxidation sites excluding steroid dienone is 1. The Bertz CT molecular complexity index is 822. The highest BCUT2D eigenvalue weighted by Gasteiger charge is 2.22. The lowest BCUT2D eigenvalue weighted by molar-refractivity contribution is 0.647. The molecule has 1 aliphatic rings. The summed E-state index contributed by atoms with van der Waals surface area (Å²) in [7, 11) is 0. The van der Waals surface area contributed by atoms with Gasteiger partial charge in [0, 0.05) is 0 Å². The Morgan fingerprint density at radius 2 is 1.48 bits per heavy atom. The molecule has 0 saturated carbocycles. The van der Waals surface area contributed by atoms with E-state index < -0.39 is 0 Å². The van der Waals surface area contributed by atoms with Gasteiger partial charge >= 0.3 is 0 Å². The molecule has 0 bridgehead atoms. The fraction of sp³-hybridized carbons (Fsp3) is 0.481. The van der Waals surface area contributed by atoms with Gasteiger partial charge in [0.05, 0.1) is 0 Å². The van der Waals surface area contributed by atoms with Crippen LogP contribution in [0.2, 0.25) is 0 Å². The molecule has 0 aliphatic heterocycles. The molecule has 1 atom stereocenters. The number of benzene rings is 2. The molecule has 0 fully saturated rings. The smallest absolute Gasteiger partial charge is 0.00549 e. The molecular weight excluding hydrogens is 324 g/mol. The number of fused-ring (bicyclic) bond motifs is 1. The first-order valence-electron chi connectivity index (χ1n) is 10.9. The van der Waals surface area contributed by atoms with Crippen LogP contribution < -0.4 is 0 Å². The Morgan fingerprint density at radius 3 is 2.00 bits per heavy atom. The van der Waals surface area contributed by atoms with E-state index in [4.69, 9.17) is 0 Å². The summed E-state index contributed by atoms with van der Waals surface area (Å²) in [5.41, 5.74) is 11.9. The summed E-state index contributed by atoms with van der Waals surface area (Å²) in [5.74, 6) is 1.77. The first-order valence-corrected chi connectivity index (χ1v) is 10.9. The molecule has 0 radical (unpaired) electrons. The van der Waals surface area contributed by atoms with Gasteiger partial charge in [-0.2, -0.15) is 0 Å². The normalized spacial score (nSPS) is 14.6. The van der Waals surface area contributed by atoms with Gasteiger partial charge in [-0.05, 0) is 76.0 Å². The van der Waals surface area contributed by atoms with E-state index >= 15 is 0 Å². The molecule has 144 valence electrons. The van der Waals surface area contributed by atoms with Crippen molar-refractivity contribution in [3.8, 4) is 11.1 Å². The highest BCUT2D eigenvalue weighted by atomic mass is 14.3. The molecule has 0 N–H and O–H groups in total. The second-order valence-electron chi connectivity index (χ2n) is 8.93. The van der Waals surface area contributed by atoms with Crippen LogP contribution in [0, 0.1) is 5.92 Å². The third-order valence-electron chi connectivity index (χ3n) is 6.37. The summed E-state index contributed by atoms with van der Waals surface area (Å²) in [4.78, 5) is 0. The zero-order valence-corrected chi connectivity index (χ0v) is 18.3. The molecule has 0 spiro atoms. The average molecular weight is 361 g/mol. The Labute approximate surface area is 166 Å². The molecule has 0 heterocycles. The van der Waals surface area contributed by atoms with Crippen molar-refractivity contribution in [1.29, 1.82) is 0 Å². The number of hydrogen-bond donors (Lipinski definition) is 0. The lowest BCUT2D eigenvalue weighted by Crippen LogP contribution is -1.99. The largest absolute Gasteiger partial charge is 0.0648 e. The average Bonchev–Trinajstić information content (AvgIpc) is 3.10. The highest BCUT2D eigenvalue weighted by Crippen LogP contribution is 2.40. The van der Waals surface area contributed by atoms with Gasteiger partial charge in [0.25, 0.3) is 0 Å². The molecule has 2 aromatic carbocycles. The predicted octanol–water partition coefficient (Wildman–Crippen LogP) is 8.15. The van der Waals surface area contributed by atoms with Crippen molar-refractivity contribution in [1.82, 2.24) is 0 Å². The van der Waals surface area contributed by atoms with E-state index in [9.17, 15) is 0 Å². The van der Waals surface area contributed by atoms with Crippen LogP contribution in [-0.4, -0.2) is 0 Å². The van der Waals surface area contributed by atoms with Crippen LogP contribution >= 0.6 is 0 Å². The van der Waals surface area contributed by atoms with Gasteiger partial charge in [-0.25, -0.2) is 0 Å². The van der Waals surface area contributed by atoms with Gasteiger partial charge in [0.15, 0.2) is 0 Å². The van der Waals surface area contributed by atoms with Gasteiger partial charge in [-0.3, -0.25) is 0 Å². The lowest BCUT2D eigenvalue weighted by atomic mass is 9.86. The lowest BCUT2D eigenvalue weighted by Gasteiger charge is -2.18. The minimum absolute atomic E-state index is 0.551. The van der Waals surface area contributed by atoms with Crippen LogP contribution in [0.1, 0.15) is 94.5 Å². The minimum atomic E-state index is 0.551. The van der Waals surface area contributed by atoms with E-state index in [1.807, 2.05) is 0 Å². The third-order valence-corrected chi connectivity index (χ3v) is 6.37. The van der Waals surface area contributed by atoms with Crippen molar-refractivity contribution in [2.75, 3.05) is 0 Å². The van der Waals surface area contributed by atoms with E-state index in [0.717, 1.165) is 12.8 Å². The Balaban J connectivity index is 2.23. The first kappa shape index (κ1) is 19.9. The van der Waals surface area contributed by atoms with Gasteiger partial charge in [-0.1, -0.05) is 90.4 Å². The van der Waals surface area contributed by atoms with E-state index in [1.54, 1.807) is 5.57 Å². The van der Waals surface area contributed by atoms with Crippen LogP contribution in [0.25, 0.3) is 17.2 Å². The first-order chi connectivity index (χ1) is 12.8. The molecule has 3 rings (SSSR count). The molecule has 0 saturated heterocycles.